The summed E-state index contributed by atoms with van der Waals surface area (Å²) in [5.74, 6) is 0.772. The molecule has 2 aromatic rings. The van der Waals surface area contributed by atoms with Gasteiger partial charge in [0.05, 0.1) is 11.6 Å². The summed E-state index contributed by atoms with van der Waals surface area (Å²) in [7, 11) is 5.37. The molecular weight excluding hydrogens is 356 g/mol. The van der Waals surface area contributed by atoms with E-state index in [0.717, 1.165) is 23.3 Å². The first-order valence-corrected chi connectivity index (χ1v) is 8.14. The average molecular weight is 377 g/mol. The molecule has 0 fully saturated rings. The first-order chi connectivity index (χ1) is 11.0. The van der Waals surface area contributed by atoms with E-state index in [2.05, 4.69) is 45.3 Å². The normalized spacial score (nSPS) is 10.7. The summed E-state index contributed by atoms with van der Waals surface area (Å²) in [5.41, 5.74) is 3.06. The molecule has 0 aliphatic rings. The minimum absolute atomic E-state index is 0.0620. The Labute approximate surface area is 145 Å². The second kappa shape index (κ2) is 8.13. The van der Waals surface area contributed by atoms with Crippen LogP contribution in [0.2, 0.25) is 0 Å². The smallest absolute Gasteiger partial charge is 0.251 e. The molecule has 0 spiro atoms. The maximum atomic E-state index is 11.5. The molecular formula is C18H21BrN2O2. The molecule has 122 valence electrons. The first-order valence-electron chi connectivity index (χ1n) is 7.35. The van der Waals surface area contributed by atoms with Crippen LogP contribution < -0.4 is 10.1 Å². The molecule has 2 rings (SSSR count). The first kappa shape index (κ1) is 17.5. The topological polar surface area (TPSA) is 41.6 Å². The van der Waals surface area contributed by atoms with Crippen molar-refractivity contribution >= 4 is 21.8 Å². The van der Waals surface area contributed by atoms with E-state index in [0.29, 0.717) is 5.56 Å². The van der Waals surface area contributed by atoms with Crippen LogP contribution in [0.25, 0.3) is 0 Å². The Morgan fingerprint density at radius 1 is 1.13 bits per heavy atom. The number of ether oxygens (including phenoxy) is 1. The molecule has 0 aromatic heterocycles. The number of rotatable bonds is 6. The highest BCUT2D eigenvalue weighted by atomic mass is 79.9. The van der Waals surface area contributed by atoms with Gasteiger partial charge < -0.3 is 10.1 Å². The molecule has 0 heterocycles. The predicted molar refractivity (Wildman–Crippen MR) is 95.7 cm³/mol. The van der Waals surface area contributed by atoms with Crippen molar-refractivity contribution in [3.8, 4) is 5.75 Å². The van der Waals surface area contributed by atoms with Crippen LogP contribution in [0.3, 0.4) is 0 Å². The zero-order valence-electron chi connectivity index (χ0n) is 13.6. The van der Waals surface area contributed by atoms with Gasteiger partial charge in [-0.2, -0.15) is 0 Å². The highest BCUT2D eigenvalue weighted by Gasteiger charge is 2.07. The fourth-order valence-electron chi connectivity index (χ4n) is 2.39. The van der Waals surface area contributed by atoms with Gasteiger partial charge in [-0.1, -0.05) is 18.2 Å². The van der Waals surface area contributed by atoms with E-state index >= 15 is 0 Å². The van der Waals surface area contributed by atoms with Crippen LogP contribution in [-0.4, -0.2) is 32.0 Å². The predicted octanol–water partition coefficient (Wildman–Crippen LogP) is 3.45. The van der Waals surface area contributed by atoms with Gasteiger partial charge in [0, 0.05) is 25.7 Å². The summed E-state index contributed by atoms with van der Waals surface area (Å²) < 4.78 is 6.21. The third kappa shape index (κ3) is 4.81. The van der Waals surface area contributed by atoms with Crippen LogP contribution in [0.4, 0.5) is 0 Å². The zero-order chi connectivity index (χ0) is 16.8. The molecule has 0 radical (unpaired) electrons. The SMILES string of the molecule is CNC(=O)c1ccc(CN(C)Cc2ccc(OC)c(Br)c2)cc1. The highest BCUT2D eigenvalue weighted by molar-refractivity contribution is 9.10. The second-order valence-corrected chi connectivity index (χ2v) is 6.27. The number of nitrogens with zero attached hydrogens (tertiary/aromatic N) is 1. The van der Waals surface area contributed by atoms with Crippen molar-refractivity contribution in [1.29, 1.82) is 0 Å². The highest BCUT2D eigenvalue weighted by Crippen LogP contribution is 2.26. The molecule has 0 aliphatic heterocycles. The Bertz CT molecular complexity index is 671. The monoisotopic (exact) mass is 376 g/mol. The molecule has 0 unspecified atom stereocenters. The van der Waals surface area contributed by atoms with Gasteiger partial charge >= 0.3 is 0 Å². The van der Waals surface area contributed by atoms with Gasteiger partial charge in [0.2, 0.25) is 0 Å². The number of carbonyl (C=O) groups is 1. The van der Waals surface area contributed by atoms with Crippen LogP contribution in [-0.2, 0) is 13.1 Å². The van der Waals surface area contributed by atoms with Crippen molar-refractivity contribution in [2.45, 2.75) is 13.1 Å². The Hall–Kier alpha value is -1.85. The van der Waals surface area contributed by atoms with E-state index in [1.807, 2.05) is 30.3 Å². The average Bonchev–Trinajstić information content (AvgIpc) is 2.55. The maximum absolute atomic E-state index is 11.5. The fourth-order valence-corrected chi connectivity index (χ4v) is 2.98. The van der Waals surface area contributed by atoms with Crippen molar-refractivity contribution in [1.82, 2.24) is 10.2 Å². The third-order valence-electron chi connectivity index (χ3n) is 3.56. The number of hydrogen-bond acceptors (Lipinski definition) is 3. The maximum Gasteiger partial charge on any atom is 0.251 e. The van der Waals surface area contributed by atoms with Gasteiger partial charge in [-0.15, -0.1) is 0 Å². The Morgan fingerprint density at radius 3 is 2.30 bits per heavy atom. The van der Waals surface area contributed by atoms with Gasteiger partial charge in [0.1, 0.15) is 5.75 Å². The van der Waals surface area contributed by atoms with Crippen LogP contribution in [0.15, 0.2) is 46.9 Å². The van der Waals surface area contributed by atoms with Crippen LogP contribution in [0.1, 0.15) is 21.5 Å². The quantitative estimate of drug-likeness (QED) is 0.839. The summed E-state index contributed by atoms with van der Waals surface area (Å²) in [6.45, 7) is 1.65. The van der Waals surface area contributed by atoms with Crippen LogP contribution >= 0.6 is 15.9 Å². The molecule has 0 saturated carbocycles. The van der Waals surface area contributed by atoms with Crippen molar-refractivity contribution in [3.63, 3.8) is 0 Å². The molecule has 5 heteroatoms. The number of amides is 1. The summed E-state index contributed by atoms with van der Waals surface area (Å²) >= 11 is 3.51. The lowest BCUT2D eigenvalue weighted by Gasteiger charge is -2.17. The van der Waals surface area contributed by atoms with Gasteiger partial charge in [-0.05, 0) is 58.4 Å². The molecule has 23 heavy (non-hydrogen) atoms. The van der Waals surface area contributed by atoms with E-state index in [1.54, 1.807) is 14.2 Å². The fraction of sp³-hybridized carbons (Fsp3) is 0.278. The Morgan fingerprint density at radius 2 is 1.74 bits per heavy atom. The van der Waals surface area contributed by atoms with E-state index in [1.165, 1.54) is 11.1 Å². The largest absolute Gasteiger partial charge is 0.496 e. The summed E-state index contributed by atoms with van der Waals surface area (Å²) in [5, 5.41) is 2.62. The number of carbonyl (C=O) groups excluding carboxylic acids is 1. The number of hydrogen-bond donors (Lipinski definition) is 1. The summed E-state index contributed by atoms with van der Waals surface area (Å²) in [6.07, 6.45) is 0. The molecule has 0 atom stereocenters. The molecule has 4 nitrogen and oxygen atoms in total. The minimum atomic E-state index is -0.0620. The van der Waals surface area contributed by atoms with Crippen molar-refractivity contribution in [2.24, 2.45) is 0 Å². The van der Waals surface area contributed by atoms with E-state index < -0.39 is 0 Å². The number of halogens is 1. The third-order valence-corrected chi connectivity index (χ3v) is 4.18. The molecule has 0 saturated heterocycles. The van der Waals surface area contributed by atoms with Gasteiger partial charge in [-0.25, -0.2) is 0 Å². The van der Waals surface area contributed by atoms with Crippen LogP contribution in [0.5, 0.6) is 5.75 Å². The molecule has 1 amide bonds. The molecule has 2 aromatic carbocycles. The van der Waals surface area contributed by atoms with Crippen molar-refractivity contribution in [3.05, 3.63) is 63.6 Å². The van der Waals surface area contributed by atoms with E-state index in [4.69, 9.17) is 4.74 Å². The van der Waals surface area contributed by atoms with Crippen molar-refractivity contribution < 1.29 is 9.53 Å². The Kier molecular flexibility index (Phi) is 6.19. The lowest BCUT2D eigenvalue weighted by molar-refractivity contribution is 0.0963. The number of nitrogens with one attached hydrogen (secondary N) is 1. The molecule has 1 N–H and O–H groups in total. The van der Waals surface area contributed by atoms with Gasteiger partial charge in [0.25, 0.3) is 5.91 Å². The van der Waals surface area contributed by atoms with E-state index in [-0.39, 0.29) is 5.91 Å². The standard InChI is InChI=1S/C18H21BrN2O2/c1-20-18(22)15-7-4-13(5-8-15)11-21(2)12-14-6-9-17(23-3)16(19)10-14/h4-10H,11-12H2,1-3H3,(H,20,22). The summed E-state index contributed by atoms with van der Waals surface area (Å²) in [4.78, 5) is 13.8. The number of benzene rings is 2. The van der Waals surface area contributed by atoms with Gasteiger partial charge in [-0.3, -0.25) is 9.69 Å². The zero-order valence-corrected chi connectivity index (χ0v) is 15.2. The van der Waals surface area contributed by atoms with Gasteiger partial charge in [0.15, 0.2) is 0 Å². The number of methoxy groups -OCH3 is 1. The van der Waals surface area contributed by atoms with Crippen molar-refractivity contribution in [2.75, 3.05) is 21.2 Å². The van der Waals surface area contributed by atoms with E-state index in [9.17, 15) is 4.79 Å². The lowest BCUT2D eigenvalue weighted by atomic mass is 10.1. The lowest BCUT2D eigenvalue weighted by Crippen LogP contribution is -2.19. The minimum Gasteiger partial charge on any atom is -0.496 e. The Balaban J connectivity index is 1.97. The molecule has 0 aliphatic carbocycles. The second-order valence-electron chi connectivity index (χ2n) is 5.42. The molecule has 0 bridgehead atoms. The van der Waals surface area contributed by atoms with Crippen LogP contribution in [0, 0.1) is 0 Å². The summed E-state index contributed by atoms with van der Waals surface area (Å²) in [6, 6.07) is 13.8.